The predicted molar refractivity (Wildman–Crippen MR) is 111 cm³/mol. The van der Waals surface area contributed by atoms with E-state index in [1.54, 1.807) is 16.8 Å². The molecule has 0 bridgehead atoms. The second-order valence-corrected chi connectivity index (χ2v) is 6.78. The van der Waals surface area contributed by atoms with Gasteiger partial charge in [0.15, 0.2) is 6.23 Å². The van der Waals surface area contributed by atoms with Gasteiger partial charge >= 0.3 is 0 Å². The van der Waals surface area contributed by atoms with Gasteiger partial charge in [0.05, 0.1) is 0 Å². The molecular weight excluding hydrogens is 352 g/mol. The molecule has 3 rings (SSSR count). The van der Waals surface area contributed by atoms with Gasteiger partial charge in [-0.2, -0.15) is 0 Å². The van der Waals surface area contributed by atoms with Gasteiger partial charge in [-0.3, -0.25) is 14.3 Å². The first kappa shape index (κ1) is 19.7. The Balaban J connectivity index is 1.69. The van der Waals surface area contributed by atoms with E-state index < -0.39 is 0 Å². The molecule has 0 aliphatic rings. The van der Waals surface area contributed by atoms with E-state index in [1.165, 1.54) is 6.07 Å². The monoisotopic (exact) mass is 378 g/mol. The lowest BCUT2D eigenvalue weighted by atomic mass is 10.2. The van der Waals surface area contributed by atoms with Crippen LogP contribution in [0.1, 0.15) is 18.9 Å². The second kappa shape index (κ2) is 9.24. The number of aromatic nitrogens is 1. The normalized spacial score (nSPS) is 12.0. The number of pyridine rings is 1. The highest BCUT2D eigenvalue weighted by Crippen LogP contribution is 2.18. The van der Waals surface area contributed by atoms with Crippen LogP contribution in [0.15, 0.2) is 77.7 Å². The second-order valence-electron chi connectivity index (χ2n) is 6.78. The van der Waals surface area contributed by atoms with Gasteiger partial charge in [0.25, 0.3) is 5.56 Å². The molecule has 1 unspecified atom stereocenters. The van der Waals surface area contributed by atoms with Gasteiger partial charge in [0.1, 0.15) is 18.1 Å². The summed E-state index contributed by atoms with van der Waals surface area (Å²) in [4.78, 5) is 14.5. The zero-order valence-electron chi connectivity index (χ0n) is 16.5. The third-order valence-corrected chi connectivity index (χ3v) is 4.45. The van der Waals surface area contributed by atoms with Crippen molar-refractivity contribution in [3.05, 3.63) is 88.8 Å². The minimum Gasteiger partial charge on any atom is -0.489 e. The maximum absolute atomic E-state index is 12.5. The SMILES string of the molecule is CCC(Oc1ccc(-n2ccc(OCc3ccccc3)cc2=O)cc1)N(C)C. The minimum atomic E-state index is -0.140. The van der Waals surface area contributed by atoms with Crippen molar-refractivity contribution in [3.63, 3.8) is 0 Å². The summed E-state index contributed by atoms with van der Waals surface area (Å²) in [6.45, 7) is 2.51. The van der Waals surface area contributed by atoms with Gasteiger partial charge < -0.3 is 9.47 Å². The van der Waals surface area contributed by atoms with Crippen LogP contribution >= 0.6 is 0 Å². The Bertz CT molecular complexity index is 934. The van der Waals surface area contributed by atoms with Crippen molar-refractivity contribution in [1.82, 2.24) is 9.47 Å². The fourth-order valence-electron chi connectivity index (χ4n) is 2.90. The van der Waals surface area contributed by atoms with E-state index in [9.17, 15) is 4.79 Å². The number of ether oxygens (including phenoxy) is 2. The van der Waals surface area contributed by atoms with Gasteiger partial charge in [0, 0.05) is 18.0 Å². The topological polar surface area (TPSA) is 43.7 Å². The Morgan fingerprint density at radius 3 is 2.29 bits per heavy atom. The molecule has 0 saturated heterocycles. The highest BCUT2D eigenvalue weighted by molar-refractivity contribution is 5.38. The zero-order chi connectivity index (χ0) is 19.9. The van der Waals surface area contributed by atoms with E-state index in [0.717, 1.165) is 23.4 Å². The van der Waals surface area contributed by atoms with Crippen LogP contribution < -0.4 is 15.0 Å². The number of hydrogen-bond donors (Lipinski definition) is 0. The Kier molecular flexibility index (Phi) is 6.50. The van der Waals surface area contributed by atoms with Crippen molar-refractivity contribution >= 4 is 0 Å². The largest absolute Gasteiger partial charge is 0.489 e. The predicted octanol–water partition coefficient (Wildman–Crippen LogP) is 4.09. The standard InChI is InChI=1S/C23H26N2O3/c1-4-23(24(2)3)28-20-12-10-19(11-13-20)25-15-14-21(16-22(25)26)27-17-18-8-6-5-7-9-18/h5-16,23H,4,17H2,1-3H3. The molecule has 0 amide bonds. The lowest BCUT2D eigenvalue weighted by Crippen LogP contribution is -2.32. The summed E-state index contributed by atoms with van der Waals surface area (Å²) in [7, 11) is 3.98. The van der Waals surface area contributed by atoms with Crippen LogP contribution in [0, 0.1) is 0 Å². The highest BCUT2D eigenvalue weighted by Gasteiger charge is 2.10. The Morgan fingerprint density at radius 2 is 1.68 bits per heavy atom. The van der Waals surface area contributed by atoms with E-state index >= 15 is 0 Å². The first-order valence-electron chi connectivity index (χ1n) is 9.40. The van der Waals surface area contributed by atoms with Crippen molar-refractivity contribution in [1.29, 1.82) is 0 Å². The molecule has 146 valence electrons. The number of nitrogens with zero attached hydrogens (tertiary/aromatic N) is 2. The molecule has 5 heteroatoms. The molecule has 5 nitrogen and oxygen atoms in total. The highest BCUT2D eigenvalue weighted by atomic mass is 16.5. The van der Waals surface area contributed by atoms with Crippen LogP contribution in [-0.4, -0.2) is 29.8 Å². The maximum atomic E-state index is 12.5. The molecule has 0 radical (unpaired) electrons. The zero-order valence-corrected chi connectivity index (χ0v) is 16.5. The van der Waals surface area contributed by atoms with Crippen LogP contribution in [0.4, 0.5) is 0 Å². The molecular formula is C23H26N2O3. The summed E-state index contributed by atoms with van der Waals surface area (Å²) in [5.41, 5.74) is 1.70. The molecule has 0 spiro atoms. The van der Waals surface area contributed by atoms with E-state index in [4.69, 9.17) is 9.47 Å². The van der Waals surface area contributed by atoms with Crippen molar-refractivity contribution in [2.75, 3.05) is 14.1 Å². The number of rotatable bonds is 8. The number of benzene rings is 2. The number of hydrogen-bond acceptors (Lipinski definition) is 4. The Hall–Kier alpha value is -3.05. The first-order valence-corrected chi connectivity index (χ1v) is 9.40. The average Bonchev–Trinajstić information content (AvgIpc) is 2.72. The minimum absolute atomic E-state index is 0.0228. The van der Waals surface area contributed by atoms with Crippen LogP contribution in [0.5, 0.6) is 11.5 Å². The summed E-state index contributed by atoms with van der Waals surface area (Å²) in [5.74, 6) is 1.34. The Morgan fingerprint density at radius 1 is 0.964 bits per heavy atom. The smallest absolute Gasteiger partial charge is 0.258 e. The van der Waals surface area contributed by atoms with Crippen LogP contribution in [0.25, 0.3) is 5.69 Å². The summed E-state index contributed by atoms with van der Waals surface area (Å²) in [5, 5.41) is 0. The van der Waals surface area contributed by atoms with E-state index in [2.05, 4.69) is 6.92 Å². The lowest BCUT2D eigenvalue weighted by Gasteiger charge is -2.24. The molecule has 3 aromatic rings. The van der Waals surface area contributed by atoms with E-state index in [-0.39, 0.29) is 11.8 Å². The fraction of sp³-hybridized carbons (Fsp3) is 0.261. The third-order valence-electron chi connectivity index (χ3n) is 4.45. The van der Waals surface area contributed by atoms with Gasteiger partial charge in [-0.1, -0.05) is 37.3 Å². The third kappa shape index (κ3) is 5.02. The van der Waals surface area contributed by atoms with Crippen molar-refractivity contribution < 1.29 is 9.47 Å². The summed E-state index contributed by atoms with van der Waals surface area (Å²) < 4.78 is 13.3. The molecule has 0 fully saturated rings. The molecule has 0 N–H and O–H groups in total. The maximum Gasteiger partial charge on any atom is 0.258 e. The van der Waals surface area contributed by atoms with Crippen molar-refractivity contribution in [3.8, 4) is 17.2 Å². The first-order chi connectivity index (χ1) is 13.6. The molecule has 0 aliphatic heterocycles. The van der Waals surface area contributed by atoms with Crippen molar-refractivity contribution in [2.45, 2.75) is 26.2 Å². The summed E-state index contributed by atoms with van der Waals surface area (Å²) >= 11 is 0. The van der Waals surface area contributed by atoms with Gasteiger partial charge in [0.2, 0.25) is 0 Å². The fourth-order valence-corrected chi connectivity index (χ4v) is 2.90. The summed E-state index contributed by atoms with van der Waals surface area (Å²) in [6.07, 6.45) is 2.64. The molecule has 1 heterocycles. The molecule has 1 atom stereocenters. The molecule has 2 aromatic carbocycles. The summed E-state index contributed by atoms with van der Waals surface area (Å²) in [6, 6.07) is 20.7. The van der Waals surface area contributed by atoms with E-state index in [1.807, 2.05) is 73.6 Å². The van der Waals surface area contributed by atoms with Crippen LogP contribution in [0.3, 0.4) is 0 Å². The van der Waals surface area contributed by atoms with Crippen molar-refractivity contribution in [2.24, 2.45) is 0 Å². The molecule has 28 heavy (non-hydrogen) atoms. The van der Waals surface area contributed by atoms with Crippen LogP contribution in [-0.2, 0) is 6.61 Å². The average molecular weight is 378 g/mol. The molecule has 1 aromatic heterocycles. The van der Waals surface area contributed by atoms with Gasteiger partial charge in [-0.25, -0.2) is 0 Å². The van der Waals surface area contributed by atoms with Gasteiger partial charge in [-0.15, -0.1) is 0 Å². The lowest BCUT2D eigenvalue weighted by molar-refractivity contribution is 0.0612. The van der Waals surface area contributed by atoms with Crippen LogP contribution in [0.2, 0.25) is 0 Å². The molecule has 0 saturated carbocycles. The Labute approximate surface area is 165 Å². The van der Waals surface area contributed by atoms with E-state index in [0.29, 0.717) is 12.4 Å². The quantitative estimate of drug-likeness (QED) is 0.554. The molecule has 0 aliphatic carbocycles. The van der Waals surface area contributed by atoms with Gasteiger partial charge in [-0.05, 0) is 56.4 Å².